The summed E-state index contributed by atoms with van der Waals surface area (Å²) in [7, 11) is 3.01. The van der Waals surface area contributed by atoms with Crippen LogP contribution in [0, 0.1) is 23.7 Å². The zero-order chi connectivity index (χ0) is 35.8. The van der Waals surface area contributed by atoms with Gasteiger partial charge in [-0.2, -0.15) is 0 Å². The molecular formula is C42H50N4O6. The molecule has 0 amide bonds. The number of nitrogens with zero attached hydrogens (tertiary/aromatic N) is 3. The molecule has 2 aromatic carbocycles. The van der Waals surface area contributed by atoms with E-state index < -0.39 is 10.8 Å². The fourth-order valence-electron chi connectivity index (χ4n) is 13.3. The van der Waals surface area contributed by atoms with E-state index in [0.717, 1.165) is 98.0 Å². The van der Waals surface area contributed by atoms with Crippen molar-refractivity contribution in [1.29, 1.82) is 0 Å². The Morgan fingerprint density at radius 1 is 0.808 bits per heavy atom. The molecule has 8 bridgehead atoms. The number of H-pyrrole nitrogens is 1. The van der Waals surface area contributed by atoms with Crippen LogP contribution in [0.25, 0.3) is 27.5 Å². The van der Waals surface area contributed by atoms with Gasteiger partial charge in [0.2, 0.25) is 0 Å². The van der Waals surface area contributed by atoms with Crippen molar-refractivity contribution in [1.82, 2.24) is 19.4 Å². The molecule has 2 saturated carbocycles. The lowest BCUT2D eigenvalue weighted by atomic mass is 9.56. The maximum absolute atomic E-state index is 14.7. The highest BCUT2D eigenvalue weighted by Crippen LogP contribution is 2.59. The number of rotatable bonds is 5. The number of hydrogen-bond donors (Lipinski definition) is 3. The zero-order valence-electron chi connectivity index (χ0n) is 30.7. The topological polar surface area (TPSA) is 120 Å². The Balaban J connectivity index is 1.31. The Bertz CT molecular complexity index is 2170. The van der Waals surface area contributed by atoms with Crippen molar-refractivity contribution < 1.29 is 29.3 Å². The third-order valence-electron chi connectivity index (χ3n) is 14.8. The molecule has 274 valence electrons. The van der Waals surface area contributed by atoms with Gasteiger partial charge in [0.25, 0.3) is 0 Å². The number of ether oxygens (including phenoxy) is 2. The Kier molecular flexibility index (Phi) is 7.05. The molecule has 6 aliphatic heterocycles. The third kappa shape index (κ3) is 3.87. The van der Waals surface area contributed by atoms with Gasteiger partial charge < -0.3 is 29.2 Å². The molecule has 2 aromatic heterocycles. The van der Waals surface area contributed by atoms with Crippen LogP contribution in [0.2, 0.25) is 0 Å². The quantitative estimate of drug-likeness (QED) is 0.226. The van der Waals surface area contributed by atoms with Gasteiger partial charge in [-0.1, -0.05) is 38.8 Å². The van der Waals surface area contributed by atoms with Crippen LogP contribution in [0.4, 0.5) is 0 Å². The number of carbonyl (C=O) groups is 2. The lowest BCUT2D eigenvalue weighted by Crippen LogP contribution is -2.67. The molecule has 3 N–H and O–H groups in total. The van der Waals surface area contributed by atoms with Gasteiger partial charge in [0, 0.05) is 60.4 Å². The lowest BCUT2D eigenvalue weighted by molar-refractivity contribution is -0.163. The Morgan fingerprint density at radius 3 is 2.08 bits per heavy atom. The molecule has 0 spiro atoms. The number of aromatic nitrogens is 2. The number of methoxy groups -OCH3 is 2. The molecule has 0 radical (unpaired) electrons. The molecule has 12 rings (SSSR count). The first-order valence-electron chi connectivity index (χ1n) is 19.6. The number of aromatic amines is 1. The van der Waals surface area contributed by atoms with Gasteiger partial charge in [0.15, 0.2) is 0 Å². The van der Waals surface area contributed by atoms with Crippen molar-refractivity contribution in [2.75, 3.05) is 40.4 Å². The van der Waals surface area contributed by atoms with Gasteiger partial charge in [0.1, 0.15) is 28.0 Å². The smallest absolute Gasteiger partial charge is 0.319 e. The van der Waals surface area contributed by atoms with E-state index in [1.807, 2.05) is 22.8 Å². The minimum Gasteiger partial charge on any atom is -0.506 e. The summed E-state index contributed by atoms with van der Waals surface area (Å²) in [4.78, 5) is 38.0. The number of hydrogen-bond acceptors (Lipinski definition) is 8. The average molecular weight is 707 g/mol. The second-order valence-corrected chi connectivity index (χ2v) is 16.9. The molecule has 10 atom stereocenters. The molecule has 6 fully saturated rings. The fraction of sp³-hybridized carbons (Fsp3) is 0.571. The maximum Gasteiger partial charge on any atom is 0.319 e. The van der Waals surface area contributed by atoms with Crippen LogP contribution in [0.15, 0.2) is 30.3 Å². The van der Waals surface area contributed by atoms with Crippen molar-refractivity contribution in [2.45, 2.75) is 88.1 Å². The van der Waals surface area contributed by atoms with Crippen molar-refractivity contribution in [2.24, 2.45) is 23.7 Å². The van der Waals surface area contributed by atoms with Crippen molar-refractivity contribution >= 4 is 33.7 Å². The predicted molar refractivity (Wildman–Crippen MR) is 197 cm³/mol. The molecule has 52 heavy (non-hydrogen) atoms. The van der Waals surface area contributed by atoms with Crippen LogP contribution in [0.3, 0.4) is 0 Å². The van der Waals surface area contributed by atoms with E-state index in [4.69, 9.17) is 9.47 Å². The van der Waals surface area contributed by atoms with E-state index in [-0.39, 0.29) is 35.5 Å². The molecule has 4 aromatic rings. The number of esters is 2. The average Bonchev–Trinajstić information content (AvgIpc) is 3.65. The highest BCUT2D eigenvalue weighted by molar-refractivity contribution is 6.02. The van der Waals surface area contributed by atoms with Crippen molar-refractivity contribution in [3.05, 3.63) is 52.8 Å². The molecule has 10 heteroatoms. The Morgan fingerprint density at radius 2 is 1.42 bits per heavy atom. The largest absolute Gasteiger partial charge is 0.506 e. The zero-order valence-corrected chi connectivity index (χ0v) is 30.7. The molecule has 8 heterocycles. The van der Waals surface area contributed by atoms with Crippen molar-refractivity contribution in [3.8, 4) is 17.2 Å². The van der Waals surface area contributed by atoms with Crippen LogP contribution in [-0.4, -0.2) is 94.0 Å². The summed E-state index contributed by atoms with van der Waals surface area (Å²) in [5, 5.41) is 25.8. The fourth-order valence-corrected chi connectivity index (χ4v) is 13.3. The van der Waals surface area contributed by atoms with Crippen LogP contribution in [0.5, 0.6) is 11.5 Å². The summed E-state index contributed by atoms with van der Waals surface area (Å²) in [6, 6.07) is 9.29. The number of benzene rings is 2. The summed E-state index contributed by atoms with van der Waals surface area (Å²) >= 11 is 0. The number of phenolic OH excluding ortho intramolecular Hbond substituents is 2. The first-order chi connectivity index (χ1) is 25.2. The molecule has 2 aliphatic carbocycles. The predicted octanol–water partition coefficient (Wildman–Crippen LogP) is 5.70. The van der Waals surface area contributed by atoms with E-state index in [1.165, 1.54) is 14.2 Å². The first kappa shape index (κ1) is 32.6. The normalized spacial score (nSPS) is 35.5. The van der Waals surface area contributed by atoms with E-state index >= 15 is 0 Å². The third-order valence-corrected chi connectivity index (χ3v) is 14.8. The summed E-state index contributed by atoms with van der Waals surface area (Å²) in [5.74, 6) is 1.08. The minimum atomic E-state index is -1.00. The molecule has 10 unspecified atom stereocenters. The molecular weight excluding hydrogens is 656 g/mol. The second kappa shape index (κ2) is 11.2. The summed E-state index contributed by atoms with van der Waals surface area (Å²) in [6.45, 7) is 8.08. The standard InChI is InChI=1S/C42H50N4O6/c1-5-24-16-22-18-41(39(49)51-3)35-28(12-14-44(20-22)36(24)41)26-10-11-31(48)34(32(26)43-35)46-33-27(8-7-9-30(33)47)29-13-15-45-21-23-17-25(6-2)37(45)42(19-23,38(29)46)40(50)52-4/h7-11,22-25,36-37,43,47-48H,5-6,12-21H2,1-4H3. The number of piperidine rings is 4. The van der Waals surface area contributed by atoms with E-state index in [1.54, 1.807) is 12.1 Å². The van der Waals surface area contributed by atoms with Gasteiger partial charge >= 0.3 is 11.9 Å². The van der Waals surface area contributed by atoms with Gasteiger partial charge in [-0.15, -0.1) is 0 Å². The van der Waals surface area contributed by atoms with Gasteiger partial charge in [-0.3, -0.25) is 19.4 Å². The number of phenols is 2. The van der Waals surface area contributed by atoms with Gasteiger partial charge in [-0.25, -0.2) is 0 Å². The van der Waals surface area contributed by atoms with E-state index in [9.17, 15) is 19.8 Å². The summed E-state index contributed by atoms with van der Waals surface area (Å²) in [5.41, 5.74) is 3.80. The van der Waals surface area contributed by atoms with Crippen LogP contribution >= 0.6 is 0 Å². The number of fused-ring (bicyclic) bond motifs is 8. The summed E-state index contributed by atoms with van der Waals surface area (Å²) in [6.07, 6.45) is 6.99. The number of aromatic hydroxyl groups is 2. The lowest BCUT2D eigenvalue weighted by Gasteiger charge is -2.58. The van der Waals surface area contributed by atoms with Gasteiger partial charge in [-0.05, 0) is 91.5 Å². The number of nitrogens with one attached hydrogen (secondary N) is 1. The number of para-hydroxylation sites is 1. The SMILES string of the molecule is CCC1CC2CN3CCc4c([nH]c5c(-n6c7c(c8cccc(O)c86)CCN6CC8CC(CC)C6C7(C(=O)OC)C8)c(O)ccc45)C(C(=O)OC)(C2)C13. The maximum atomic E-state index is 14.7. The first-order valence-corrected chi connectivity index (χ1v) is 19.6. The minimum absolute atomic E-state index is 0.0198. The number of carbonyl (C=O) groups excluding carboxylic acids is 2. The monoisotopic (exact) mass is 706 g/mol. The van der Waals surface area contributed by atoms with Crippen LogP contribution in [0.1, 0.15) is 74.9 Å². The molecule has 4 saturated heterocycles. The molecule has 10 nitrogen and oxygen atoms in total. The highest BCUT2D eigenvalue weighted by Gasteiger charge is 2.65. The summed E-state index contributed by atoms with van der Waals surface area (Å²) < 4.78 is 13.6. The highest BCUT2D eigenvalue weighted by atomic mass is 16.5. The van der Waals surface area contributed by atoms with Crippen LogP contribution < -0.4 is 0 Å². The van der Waals surface area contributed by atoms with Crippen molar-refractivity contribution in [3.63, 3.8) is 0 Å². The van der Waals surface area contributed by atoms with Crippen LogP contribution in [-0.2, 0) is 42.7 Å². The Labute approximate surface area is 304 Å². The Hall–Kier alpha value is -4.02. The van der Waals surface area contributed by atoms with E-state index in [2.05, 4.69) is 28.6 Å². The second-order valence-electron chi connectivity index (χ2n) is 16.9. The molecule has 8 aliphatic rings. The van der Waals surface area contributed by atoms with E-state index in [0.29, 0.717) is 53.2 Å². The van der Waals surface area contributed by atoms with Gasteiger partial charge in [0.05, 0.1) is 25.3 Å².